The summed E-state index contributed by atoms with van der Waals surface area (Å²) in [7, 11) is 4.05. The molecule has 35 heavy (non-hydrogen) atoms. The van der Waals surface area contributed by atoms with Gasteiger partial charge in [-0.1, -0.05) is 12.1 Å². The summed E-state index contributed by atoms with van der Waals surface area (Å²) in [5, 5.41) is 4.18. The molecule has 178 valence electrons. The van der Waals surface area contributed by atoms with Gasteiger partial charge in [-0.25, -0.2) is 4.39 Å². The van der Waals surface area contributed by atoms with Crippen molar-refractivity contribution in [3.8, 4) is 5.69 Å². The number of halogens is 1. The lowest BCUT2D eigenvalue weighted by Gasteiger charge is -2.28. The molecule has 1 saturated heterocycles. The molecule has 1 N–H and O–H groups in total. The van der Waals surface area contributed by atoms with Crippen LogP contribution in [0.1, 0.15) is 34.7 Å². The SMILES string of the molecule is Cc1cc([C@@H]2[C@H](c3ccccn3)NC(=S)N2c2ccc(N(C)C)cc2)c(C)n1-c1cccc(F)c1. The first kappa shape index (κ1) is 23.1. The van der Waals surface area contributed by atoms with E-state index in [1.807, 2.05) is 51.5 Å². The van der Waals surface area contributed by atoms with Gasteiger partial charge in [-0.05, 0) is 92.3 Å². The zero-order valence-corrected chi connectivity index (χ0v) is 21.1. The van der Waals surface area contributed by atoms with Gasteiger partial charge in [0.25, 0.3) is 0 Å². The average Bonchev–Trinajstić information content (AvgIpc) is 3.34. The van der Waals surface area contributed by atoms with E-state index in [1.54, 1.807) is 12.1 Å². The van der Waals surface area contributed by atoms with Crippen LogP contribution >= 0.6 is 12.2 Å². The van der Waals surface area contributed by atoms with Gasteiger partial charge in [0, 0.05) is 48.7 Å². The predicted molar refractivity (Wildman–Crippen MR) is 144 cm³/mol. The van der Waals surface area contributed by atoms with E-state index in [1.165, 1.54) is 6.07 Å². The Balaban J connectivity index is 1.66. The minimum absolute atomic E-state index is 0.129. The molecule has 4 aromatic rings. The number of benzene rings is 2. The van der Waals surface area contributed by atoms with Gasteiger partial charge in [0.1, 0.15) is 5.82 Å². The molecular weight excluding hydrogens is 457 g/mol. The minimum Gasteiger partial charge on any atom is -0.378 e. The lowest BCUT2D eigenvalue weighted by atomic mass is 9.96. The van der Waals surface area contributed by atoms with Gasteiger partial charge in [0.15, 0.2) is 5.11 Å². The molecule has 0 aliphatic carbocycles. The van der Waals surface area contributed by atoms with Crippen LogP contribution in [0.2, 0.25) is 0 Å². The smallest absolute Gasteiger partial charge is 0.174 e. The van der Waals surface area contributed by atoms with E-state index in [0.717, 1.165) is 39.7 Å². The number of aryl methyl sites for hydroxylation is 1. The highest BCUT2D eigenvalue weighted by atomic mass is 32.1. The molecule has 0 spiro atoms. The topological polar surface area (TPSA) is 36.3 Å². The predicted octanol–water partition coefficient (Wildman–Crippen LogP) is 5.87. The molecule has 1 fully saturated rings. The number of nitrogens with one attached hydrogen (secondary N) is 1. The summed E-state index contributed by atoms with van der Waals surface area (Å²) < 4.78 is 16.2. The maximum absolute atomic E-state index is 14.1. The summed E-state index contributed by atoms with van der Waals surface area (Å²) >= 11 is 5.87. The number of aromatic nitrogens is 2. The highest BCUT2D eigenvalue weighted by Gasteiger charge is 2.42. The summed E-state index contributed by atoms with van der Waals surface area (Å²) in [5.41, 5.74) is 7.04. The fraction of sp³-hybridized carbons (Fsp3) is 0.214. The van der Waals surface area contributed by atoms with E-state index in [4.69, 9.17) is 12.2 Å². The quantitative estimate of drug-likeness (QED) is 0.358. The molecule has 2 aromatic heterocycles. The zero-order valence-electron chi connectivity index (χ0n) is 20.2. The van der Waals surface area contributed by atoms with Gasteiger partial charge in [0.05, 0.1) is 17.8 Å². The lowest BCUT2D eigenvalue weighted by Crippen LogP contribution is -2.29. The summed E-state index contributed by atoms with van der Waals surface area (Å²) in [4.78, 5) is 8.90. The number of anilines is 2. The molecule has 3 heterocycles. The molecule has 2 aromatic carbocycles. The van der Waals surface area contributed by atoms with E-state index in [9.17, 15) is 4.39 Å². The Morgan fingerprint density at radius 3 is 2.37 bits per heavy atom. The molecule has 0 radical (unpaired) electrons. The normalized spacial score (nSPS) is 17.5. The Morgan fingerprint density at radius 2 is 1.71 bits per heavy atom. The maximum Gasteiger partial charge on any atom is 0.174 e. The summed E-state index contributed by atoms with van der Waals surface area (Å²) in [5.74, 6) is -0.255. The number of hydrogen-bond donors (Lipinski definition) is 1. The number of thiocarbonyl (C=S) groups is 1. The van der Waals surface area contributed by atoms with Gasteiger partial charge >= 0.3 is 0 Å². The van der Waals surface area contributed by atoms with Crippen LogP contribution in [0.3, 0.4) is 0 Å². The van der Waals surface area contributed by atoms with Crippen LogP contribution < -0.4 is 15.1 Å². The molecular formula is C28H28FN5S. The first-order valence-corrected chi connectivity index (χ1v) is 12.0. The summed E-state index contributed by atoms with van der Waals surface area (Å²) in [6.45, 7) is 4.13. The molecule has 0 unspecified atom stereocenters. The number of nitrogens with zero attached hydrogens (tertiary/aromatic N) is 4. The number of hydrogen-bond acceptors (Lipinski definition) is 3. The number of pyridine rings is 1. The van der Waals surface area contributed by atoms with Crippen molar-refractivity contribution in [2.75, 3.05) is 23.9 Å². The van der Waals surface area contributed by atoms with Gasteiger partial charge in [-0.3, -0.25) is 4.98 Å². The van der Waals surface area contributed by atoms with Crippen LogP contribution in [0.15, 0.2) is 79.0 Å². The first-order chi connectivity index (χ1) is 16.8. The van der Waals surface area contributed by atoms with E-state index < -0.39 is 0 Å². The first-order valence-electron chi connectivity index (χ1n) is 11.6. The minimum atomic E-state index is -0.255. The third-order valence-corrected chi connectivity index (χ3v) is 6.91. The van der Waals surface area contributed by atoms with Crippen molar-refractivity contribution < 1.29 is 4.39 Å². The van der Waals surface area contributed by atoms with Crippen LogP contribution in [0.5, 0.6) is 0 Å². The lowest BCUT2D eigenvalue weighted by molar-refractivity contribution is 0.565. The van der Waals surface area contributed by atoms with Crippen molar-refractivity contribution >= 4 is 28.7 Å². The van der Waals surface area contributed by atoms with Crippen LogP contribution in [0.25, 0.3) is 5.69 Å². The van der Waals surface area contributed by atoms with Gasteiger partial charge < -0.3 is 19.7 Å². The third-order valence-electron chi connectivity index (χ3n) is 6.60. The second kappa shape index (κ2) is 9.15. The monoisotopic (exact) mass is 485 g/mol. The molecule has 7 heteroatoms. The Labute approximate surface area is 210 Å². The third kappa shape index (κ3) is 4.17. The Hall–Kier alpha value is -3.71. The highest BCUT2D eigenvalue weighted by molar-refractivity contribution is 7.80. The largest absolute Gasteiger partial charge is 0.378 e. The second-order valence-electron chi connectivity index (χ2n) is 9.05. The van der Waals surface area contributed by atoms with Gasteiger partial charge in [0.2, 0.25) is 0 Å². The van der Waals surface area contributed by atoms with Crippen LogP contribution in [-0.4, -0.2) is 28.8 Å². The van der Waals surface area contributed by atoms with E-state index in [-0.39, 0.29) is 17.9 Å². The molecule has 0 saturated carbocycles. The van der Waals surface area contributed by atoms with E-state index >= 15 is 0 Å². The number of rotatable bonds is 5. The molecule has 1 aliphatic rings. The Morgan fingerprint density at radius 1 is 0.943 bits per heavy atom. The van der Waals surface area contributed by atoms with Crippen LogP contribution in [0, 0.1) is 19.7 Å². The molecule has 0 bridgehead atoms. The standard InChI is InChI=1S/C28H28FN5S/c1-18-16-24(19(2)33(18)23-9-7-8-20(29)17-23)27-26(25-10-5-6-15-30-25)31-28(35)34(27)22-13-11-21(12-14-22)32(3)4/h5-17,26-27H,1-4H3,(H,31,35)/t26-,27+/m0/s1. The van der Waals surface area contributed by atoms with Crippen molar-refractivity contribution in [1.82, 2.24) is 14.9 Å². The summed E-state index contributed by atoms with van der Waals surface area (Å²) in [6.07, 6.45) is 1.81. The van der Waals surface area contributed by atoms with Crippen molar-refractivity contribution in [1.29, 1.82) is 0 Å². The van der Waals surface area contributed by atoms with Gasteiger partial charge in [-0.2, -0.15) is 0 Å². The Kier molecular flexibility index (Phi) is 6.03. The van der Waals surface area contributed by atoms with Crippen molar-refractivity contribution in [3.63, 3.8) is 0 Å². The summed E-state index contributed by atoms with van der Waals surface area (Å²) in [6, 6.07) is 22.9. The zero-order chi connectivity index (χ0) is 24.7. The average molecular weight is 486 g/mol. The van der Waals surface area contributed by atoms with Crippen molar-refractivity contribution in [3.05, 3.63) is 107 Å². The fourth-order valence-corrected chi connectivity index (χ4v) is 5.31. The second-order valence-corrected chi connectivity index (χ2v) is 9.44. The molecule has 5 rings (SSSR count). The molecule has 0 amide bonds. The van der Waals surface area contributed by atoms with Crippen LogP contribution in [-0.2, 0) is 0 Å². The molecule has 5 nitrogen and oxygen atoms in total. The molecule has 1 aliphatic heterocycles. The highest BCUT2D eigenvalue weighted by Crippen LogP contribution is 2.44. The van der Waals surface area contributed by atoms with Crippen molar-refractivity contribution in [2.45, 2.75) is 25.9 Å². The van der Waals surface area contributed by atoms with Crippen LogP contribution in [0.4, 0.5) is 15.8 Å². The van der Waals surface area contributed by atoms with Crippen molar-refractivity contribution in [2.24, 2.45) is 0 Å². The van der Waals surface area contributed by atoms with E-state index in [0.29, 0.717) is 5.11 Å². The van der Waals surface area contributed by atoms with Gasteiger partial charge in [-0.15, -0.1) is 0 Å². The fourth-order valence-electron chi connectivity index (χ4n) is 4.96. The van der Waals surface area contributed by atoms with E-state index in [2.05, 4.69) is 61.9 Å². The molecule has 2 atom stereocenters. The Bertz CT molecular complexity index is 1360. The maximum atomic E-state index is 14.1.